The Labute approximate surface area is 269 Å². The molecule has 0 aromatic rings. The summed E-state index contributed by atoms with van der Waals surface area (Å²) < 4.78 is 17.8. The van der Waals surface area contributed by atoms with Crippen molar-refractivity contribution in [3.8, 4) is 0 Å². The lowest BCUT2D eigenvalue weighted by Gasteiger charge is -2.18. The van der Waals surface area contributed by atoms with Gasteiger partial charge in [0.2, 0.25) is 0 Å². The molecule has 4 atom stereocenters. The van der Waals surface area contributed by atoms with E-state index in [0.29, 0.717) is 0 Å². The monoisotopic (exact) mass is 603 g/mol. The fourth-order valence-electron chi connectivity index (χ4n) is 6.21. The van der Waals surface area contributed by atoms with Gasteiger partial charge in [-0.05, 0) is 25.7 Å². The van der Waals surface area contributed by atoms with Crippen molar-refractivity contribution in [1.82, 2.24) is 0 Å². The number of hydrogen-bond donors (Lipinski definition) is 0. The van der Waals surface area contributed by atoms with E-state index in [4.69, 9.17) is 14.2 Å². The number of rotatable bonds is 34. The van der Waals surface area contributed by atoms with Gasteiger partial charge in [-0.1, -0.05) is 192 Å². The molecule has 0 N–H and O–H groups in total. The minimum absolute atomic E-state index is 0.0668. The lowest BCUT2D eigenvalue weighted by molar-refractivity contribution is 0.0113. The minimum Gasteiger partial charge on any atom is -0.370 e. The summed E-state index contributed by atoms with van der Waals surface area (Å²) >= 11 is 0. The van der Waals surface area contributed by atoms with Crippen LogP contribution in [0.4, 0.5) is 0 Å². The predicted octanol–water partition coefficient (Wildman–Crippen LogP) is 12.6. The molecule has 0 amide bonds. The zero-order valence-corrected chi connectivity index (χ0v) is 29.1. The largest absolute Gasteiger partial charge is 0.370 e. The molecule has 2 saturated heterocycles. The molecule has 4 unspecified atom stereocenters. The van der Waals surface area contributed by atoms with E-state index in [2.05, 4.69) is 38.2 Å². The second-order valence-electron chi connectivity index (χ2n) is 13.7. The van der Waals surface area contributed by atoms with E-state index in [1.807, 2.05) is 0 Å². The topological polar surface area (TPSA) is 34.3 Å². The standard InChI is InChI=1S/C40H74O3/c1-3-5-7-9-11-13-15-17-19-21-23-25-27-29-31-33-37(39-35-41-39)43-38(40-36-42-40)34-32-30-28-26-24-22-20-18-16-14-12-10-8-6-4-2/h31-34,37-40H,3-30,35-36H2,1-2H3. The summed E-state index contributed by atoms with van der Waals surface area (Å²) in [7, 11) is 0. The Balaban J connectivity index is 1.44. The van der Waals surface area contributed by atoms with Crippen LogP contribution < -0.4 is 0 Å². The van der Waals surface area contributed by atoms with Gasteiger partial charge in [0.25, 0.3) is 0 Å². The number of hydrogen-bond acceptors (Lipinski definition) is 3. The highest BCUT2D eigenvalue weighted by Crippen LogP contribution is 2.26. The minimum atomic E-state index is 0.0668. The van der Waals surface area contributed by atoms with Gasteiger partial charge < -0.3 is 14.2 Å². The van der Waals surface area contributed by atoms with Gasteiger partial charge in [-0.15, -0.1) is 0 Å². The van der Waals surface area contributed by atoms with Crippen molar-refractivity contribution in [1.29, 1.82) is 0 Å². The van der Waals surface area contributed by atoms with E-state index < -0.39 is 0 Å². The van der Waals surface area contributed by atoms with Crippen LogP contribution in [0.3, 0.4) is 0 Å². The summed E-state index contributed by atoms with van der Waals surface area (Å²) in [4.78, 5) is 0. The van der Waals surface area contributed by atoms with Gasteiger partial charge in [-0.3, -0.25) is 0 Å². The van der Waals surface area contributed by atoms with Crippen molar-refractivity contribution in [3.63, 3.8) is 0 Å². The summed E-state index contributed by atoms with van der Waals surface area (Å²) in [6.45, 7) is 6.25. The van der Waals surface area contributed by atoms with Crippen LogP contribution in [0.2, 0.25) is 0 Å². The van der Waals surface area contributed by atoms with Crippen LogP contribution in [0.1, 0.15) is 194 Å². The molecule has 2 heterocycles. The zero-order valence-electron chi connectivity index (χ0n) is 29.1. The van der Waals surface area contributed by atoms with Gasteiger partial charge in [-0.2, -0.15) is 0 Å². The van der Waals surface area contributed by atoms with Crippen molar-refractivity contribution in [2.75, 3.05) is 13.2 Å². The Morgan fingerprint density at radius 2 is 0.698 bits per heavy atom. The first kappa shape index (κ1) is 38.5. The highest BCUT2D eigenvalue weighted by atomic mass is 16.6. The third-order valence-corrected chi connectivity index (χ3v) is 9.37. The highest BCUT2D eigenvalue weighted by molar-refractivity contribution is 5.03. The van der Waals surface area contributed by atoms with E-state index >= 15 is 0 Å². The van der Waals surface area contributed by atoms with Crippen molar-refractivity contribution < 1.29 is 14.2 Å². The Morgan fingerprint density at radius 1 is 0.442 bits per heavy atom. The molecule has 2 aliphatic rings. The lowest BCUT2D eigenvalue weighted by Crippen LogP contribution is -2.27. The number of ether oxygens (including phenoxy) is 3. The molecule has 0 saturated carbocycles. The smallest absolute Gasteiger partial charge is 0.111 e. The summed E-state index contributed by atoms with van der Waals surface area (Å²) in [5.74, 6) is 0. The predicted molar refractivity (Wildman–Crippen MR) is 187 cm³/mol. The van der Waals surface area contributed by atoms with Crippen LogP contribution in [-0.4, -0.2) is 37.6 Å². The zero-order chi connectivity index (χ0) is 30.5. The van der Waals surface area contributed by atoms with E-state index in [0.717, 1.165) is 26.1 Å². The van der Waals surface area contributed by atoms with Crippen molar-refractivity contribution >= 4 is 0 Å². The molecule has 43 heavy (non-hydrogen) atoms. The molecule has 0 aliphatic carbocycles. The first-order valence-electron chi connectivity index (χ1n) is 19.6. The molecule has 0 radical (unpaired) electrons. The molecule has 0 bridgehead atoms. The molecule has 0 aromatic carbocycles. The van der Waals surface area contributed by atoms with Crippen LogP contribution in [-0.2, 0) is 14.2 Å². The molecule has 0 spiro atoms. The molecule has 3 heteroatoms. The van der Waals surface area contributed by atoms with Gasteiger partial charge in [0, 0.05) is 0 Å². The summed E-state index contributed by atoms with van der Waals surface area (Å²) in [5.41, 5.74) is 0. The summed E-state index contributed by atoms with van der Waals surface area (Å²) in [5, 5.41) is 0. The fraction of sp³-hybridized carbons (Fsp3) is 0.900. The molecular formula is C40H74O3. The first-order chi connectivity index (χ1) is 21.3. The number of unbranched alkanes of at least 4 members (excludes halogenated alkanes) is 26. The maximum atomic E-state index is 6.51. The van der Waals surface area contributed by atoms with Crippen molar-refractivity contribution in [2.45, 2.75) is 218 Å². The molecule has 2 aliphatic heterocycles. The Morgan fingerprint density at radius 3 is 0.953 bits per heavy atom. The van der Waals surface area contributed by atoms with Gasteiger partial charge in [0.05, 0.1) is 13.2 Å². The Kier molecular flexibility index (Phi) is 25.8. The second-order valence-corrected chi connectivity index (χ2v) is 13.7. The highest BCUT2D eigenvalue weighted by Gasteiger charge is 2.38. The lowest BCUT2D eigenvalue weighted by atomic mass is 10.0. The number of epoxide rings is 2. The average Bonchev–Trinajstić information content (AvgIpc) is 3.94. The van der Waals surface area contributed by atoms with Crippen LogP contribution in [0, 0.1) is 0 Å². The Bertz CT molecular complexity index is 582. The van der Waals surface area contributed by atoms with Crippen LogP contribution in [0.25, 0.3) is 0 Å². The first-order valence-corrected chi connectivity index (χ1v) is 19.6. The Hall–Kier alpha value is -0.640. The van der Waals surface area contributed by atoms with Gasteiger partial charge in [0.1, 0.15) is 24.4 Å². The molecule has 3 nitrogen and oxygen atoms in total. The SMILES string of the molecule is CCCCCCCCCCCCCCCC=CC(OC(C=CCCCCCCCCCCCCCCC)C1CO1)C1CO1. The molecular weight excluding hydrogens is 528 g/mol. The van der Waals surface area contributed by atoms with Crippen LogP contribution in [0.5, 0.6) is 0 Å². The molecule has 252 valence electrons. The van der Waals surface area contributed by atoms with Crippen molar-refractivity contribution in [3.05, 3.63) is 24.3 Å². The maximum absolute atomic E-state index is 6.51. The third-order valence-electron chi connectivity index (χ3n) is 9.37. The van der Waals surface area contributed by atoms with E-state index in [9.17, 15) is 0 Å². The second kappa shape index (κ2) is 28.8. The third kappa shape index (κ3) is 24.3. The maximum Gasteiger partial charge on any atom is 0.111 e. The normalized spacial score (nSPS) is 19.5. The van der Waals surface area contributed by atoms with Gasteiger partial charge >= 0.3 is 0 Å². The fourth-order valence-corrected chi connectivity index (χ4v) is 6.21. The van der Waals surface area contributed by atoms with E-state index in [1.54, 1.807) is 0 Å². The summed E-state index contributed by atoms with van der Waals surface area (Å²) in [6.07, 6.45) is 48.8. The number of allylic oxidation sites excluding steroid dienone is 2. The van der Waals surface area contributed by atoms with E-state index in [-0.39, 0.29) is 24.4 Å². The molecule has 0 aromatic heterocycles. The van der Waals surface area contributed by atoms with Gasteiger partial charge in [0.15, 0.2) is 0 Å². The molecule has 2 rings (SSSR count). The summed E-state index contributed by atoms with van der Waals surface area (Å²) in [6, 6.07) is 0. The van der Waals surface area contributed by atoms with E-state index in [1.165, 1.54) is 167 Å². The van der Waals surface area contributed by atoms with Crippen LogP contribution in [0.15, 0.2) is 24.3 Å². The molecule has 2 fully saturated rings. The van der Waals surface area contributed by atoms with Gasteiger partial charge in [-0.25, -0.2) is 0 Å². The average molecular weight is 603 g/mol. The van der Waals surface area contributed by atoms with Crippen molar-refractivity contribution in [2.24, 2.45) is 0 Å². The van der Waals surface area contributed by atoms with Crippen LogP contribution >= 0.6 is 0 Å². The quantitative estimate of drug-likeness (QED) is 0.0417.